The van der Waals surface area contributed by atoms with Crippen LogP contribution in [0, 0.1) is 13.8 Å². The average molecular weight is 408 g/mol. The highest BCUT2D eigenvalue weighted by Gasteiger charge is 2.08. The van der Waals surface area contributed by atoms with Crippen molar-refractivity contribution in [3.63, 3.8) is 0 Å². The Morgan fingerprint density at radius 2 is 1.97 bits per heavy atom. The molecule has 1 N–H and O–H groups in total. The summed E-state index contributed by atoms with van der Waals surface area (Å²) in [5.74, 6) is 0.316. The van der Waals surface area contributed by atoms with Crippen LogP contribution in [0.4, 0.5) is 0 Å². The SMILES string of the molecule is Cc1cc(=O)oc2cc(OCc3cn(CCn4ccc(=O)c(O)c4C)nn3)ccc12. The van der Waals surface area contributed by atoms with Crippen molar-refractivity contribution in [1.82, 2.24) is 19.6 Å². The highest BCUT2D eigenvalue weighted by atomic mass is 16.5. The van der Waals surface area contributed by atoms with Gasteiger partial charge < -0.3 is 18.8 Å². The van der Waals surface area contributed by atoms with Gasteiger partial charge in [0, 0.05) is 36.3 Å². The fourth-order valence-corrected chi connectivity index (χ4v) is 3.18. The fourth-order valence-electron chi connectivity index (χ4n) is 3.18. The molecule has 4 rings (SSSR count). The molecule has 0 amide bonds. The lowest BCUT2D eigenvalue weighted by molar-refractivity contribution is 0.301. The molecule has 0 aliphatic carbocycles. The van der Waals surface area contributed by atoms with Crippen LogP contribution in [0.5, 0.6) is 11.5 Å². The van der Waals surface area contributed by atoms with Crippen LogP contribution in [-0.2, 0) is 19.7 Å². The molecular weight excluding hydrogens is 388 g/mol. The van der Waals surface area contributed by atoms with Crippen molar-refractivity contribution in [2.24, 2.45) is 0 Å². The third kappa shape index (κ3) is 3.95. The maximum atomic E-state index is 11.6. The number of ether oxygens (including phenoxy) is 1. The summed E-state index contributed by atoms with van der Waals surface area (Å²) >= 11 is 0. The predicted molar refractivity (Wildman–Crippen MR) is 109 cm³/mol. The van der Waals surface area contributed by atoms with E-state index in [0.717, 1.165) is 10.9 Å². The Kier molecular flexibility index (Phi) is 5.09. The standard InChI is InChI=1S/C21H20N4O5/c1-13-9-20(27)30-19-10-16(3-4-17(13)19)29-12-15-11-25(23-22-15)8-7-24-6-5-18(26)21(28)14(24)2/h3-6,9-11,28H,7-8,12H2,1-2H3. The van der Waals surface area contributed by atoms with E-state index in [1.54, 1.807) is 34.6 Å². The minimum atomic E-state index is -0.397. The molecule has 0 aliphatic rings. The lowest BCUT2D eigenvalue weighted by atomic mass is 10.1. The van der Waals surface area contributed by atoms with E-state index in [0.29, 0.717) is 35.8 Å². The van der Waals surface area contributed by atoms with E-state index in [4.69, 9.17) is 9.15 Å². The molecule has 0 radical (unpaired) electrons. The van der Waals surface area contributed by atoms with Crippen molar-refractivity contribution in [3.8, 4) is 11.5 Å². The van der Waals surface area contributed by atoms with Crippen molar-refractivity contribution >= 4 is 11.0 Å². The number of nitrogens with zero attached hydrogens (tertiary/aromatic N) is 4. The molecule has 4 aromatic rings. The molecular formula is C21H20N4O5. The van der Waals surface area contributed by atoms with Gasteiger partial charge >= 0.3 is 5.63 Å². The van der Waals surface area contributed by atoms with Gasteiger partial charge in [-0.05, 0) is 31.5 Å². The minimum absolute atomic E-state index is 0.208. The summed E-state index contributed by atoms with van der Waals surface area (Å²) in [5.41, 5.74) is 1.67. The number of hydrogen-bond acceptors (Lipinski definition) is 7. The first-order chi connectivity index (χ1) is 14.4. The number of aryl methyl sites for hydroxylation is 3. The normalized spacial score (nSPS) is 11.1. The Bertz CT molecular complexity index is 1340. The highest BCUT2D eigenvalue weighted by Crippen LogP contribution is 2.22. The van der Waals surface area contributed by atoms with Gasteiger partial charge in [0.1, 0.15) is 23.6 Å². The van der Waals surface area contributed by atoms with Crippen LogP contribution in [-0.4, -0.2) is 24.7 Å². The molecule has 30 heavy (non-hydrogen) atoms. The minimum Gasteiger partial charge on any atom is -0.503 e. The molecule has 3 aromatic heterocycles. The molecule has 0 atom stereocenters. The van der Waals surface area contributed by atoms with Gasteiger partial charge in [-0.3, -0.25) is 9.48 Å². The van der Waals surface area contributed by atoms with Gasteiger partial charge in [0.2, 0.25) is 5.43 Å². The third-order valence-electron chi connectivity index (χ3n) is 4.88. The molecule has 9 nitrogen and oxygen atoms in total. The van der Waals surface area contributed by atoms with Gasteiger partial charge in [-0.25, -0.2) is 4.79 Å². The van der Waals surface area contributed by atoms with Gasteiger partial charge in [-0.15, -0.1) is 5.10 Å². The fraction of sp³-hybridized carbons (Fsp3) is 0.238. The Morgan fingerprint density at radius 3 is 2.80 bits per heavy atom. The number of pyridine rings is 1. The molecule has 0 unspecified atom stereocenters. The molecule has 154 valence electrons. The lowest BCUT2D eigenvalue weighted by Gasteiger charge is -2.10. The largest absolute Gasteiger partial charge is 0.503 e. The zero-order valence-electron chi connectivity index (χ0n) is 16.5. The first-order valence-electron chi connectivity index (χ1n) is 9.36. The molecule has 9 heteroatoms. The zero-order chi connectivity index (χ0) is 21.3. The Labute approximate surface area is 170 Å². The maximum Gasteiger partial charge on any atom is 0.336 e. The van der Waals surface area contributed by atoms with Crippen molar-refractivity contribution in [2.75, 3.05) is 0 Å². The second-order valence-corrected chi connectivity index (χ2v) is 6.98. The molecule has 0 aliphatic heterocycles. The number of benzene rings is 1. The number of aromatic nitrogens is 4. The van der Waals surface area contributed by atoms with E-state index in [2.05, 4.69) is 10.3 Å². The number of aromatic hydroxyl groups is 1. The van der Waals surface area contributed by atoms with E-state index < -0.39 is 11.1 Å². The number of fused-ring (bicyclic) bond motifs is 1. The predicted octanol–water partition coefficient (Wildman–Crippen LogP) is 2.15. The summed E-state index contributed by atoms with van der Waals surface area (Å²) in [6.07, 6.45) is 3.40. The van der Waals surface area contributed by atoms with Gasteiger partial charge in [0.05, 0.1) is 18.4 Å². The second kappa shape index (κ2) is 7.86. The lowest BCUT2D eigenvalue weighted by Crippen LogP contribution is -2.14. The van der Waals surface area contributed by atoms with E-state index in [1.165, 1.54) is 12.1 Å². The zero-order valence-corrected chi connectivity index (χ0v) is 16.5. The smallest absolute Gasteiger partial charge is 0.336 e. The molecule has 0 spiro atoms. The van der Waals surface area contributed by atoms with Crippen LogP contribution >= 0.6 is 0 Å². The van der Waals surface area contributed by atoms with Crippen LogP contribution in [0.3, 0.4) is 0 Å². The summed E-state index contributed by atoms with van der Waals surface area (Å²) < 4.78 is 14.4. The maximum absolute atomic E-state index is 11.6. The monoisotopic (exact) mass is 408 g/mol. The Balaban J connectivity index is 1.40. The quantitative estimate of drug-likeness (QED) is 0.487. The molecule has 0 fully saturated rings. The van der Waals surface area contributed by atoms with Crippen LogP contribution in [0.1, 0.15) is 17.0 Å². The van der Waals surface area contributed by atoms with Gasteiger partial charge in [0.25, 0.3) is 0 Å². The first-order valence-corrected chi connectivity index (χ1v) is 9.36. The molecule has 3 heterocycles. The van der Waals surface area contributed by atoms with Crippen LogP contribution in [0.2, 0.25) is 0 Å². The van der Waals surface area contributed by atoms with Crippen LogP contribution in [0.25, 0.3) is 11.0 Å². The molecule has 0 saturated heterocycles. The molecule has 0 bridgehead atoms. The number of rotatable bonds is 6. The molecule has 1 aromatic carbocycles. The highest BCUT2D eigenvalue weighted by molar-refractivity contribution is 5.81. The topological polar surface area (TPSA) is 112 Å². The van der Waals surface area contributed by atoms with Gasteiger partial charge in [0.15, 0.2) is 5.75 Å². The summed E-state index contributed by atoms with van der Waals surface area (Å²) in [6, 6.07) is 8.13. The summed E-state index contributed by atoms with van der Waals surface area (Å²) in [5, 5.41) is 18.8. The Hall–Kier alpha value is -3.88. The van der Waals surface area contributed by atoms with Crippen molar-refractivity contribution in [1.29, 1.82) is 0 Å². The van der Waals surface area contributed by atoms with E-state index in [9.17, 15) is 14.7 Å². The second-order valence-electron chi connectivity index (χ2n) is 6.98. The van der Waals surface area contributed by atoms with E-state index in [1.807, 2.05) is 19.1 Å². The molecule has 0 saturated carbocycles. The Morgan fingerprint density at radius 1 is 1.13 bits per heavy atom. The van der Waals surface area contributed by atoms with Crippen LogP contribution < -0.4 is 15.8 Å². The first kappa shape index (κ1) is 19.4. The van der Waals surface area contributed by atoms with Crippen molar-refractivity contribution in [2.45, 2.75) is 33.5 Å². The van der Waals surface area contributed by atoms with Crippen LogP contribution in [0.15, 0.2) is 56.7 Å². The van der Waals surface area contributed by atoms with Crippen molar-refractivity contribution < 1.29 is 14.3 Å². The van der Waals surface area contributed by atoms with Gasteiger partial charge in [-0.1, -0.05) is 5.21 Å². The average Bonchev–Trinajstić information content (AvgIpc) is 3.17. The van der Waals surface area contributed by atoms with E-state index >= 15 is 0 Å². The number of hydrogen-bond donors (Lipinski definition) is 1. The van der Waals surface area contributed by atoms with Crippen molar-refractivity contribution in [3.05, 3.63) is 80.3 Å². The third-order valence-corrected chi connectivity index (χ3v) is 4.88. The summed E-state index contributed by atoms with van der Waals surface area (Å²) in [6.45, 7) is 4.78. The van der Waals surface area contributed by atoms with E-state index in [-0.39, 0.29) is 12.4 Å². The summed E-state index contributed by atoms with van der Waals surface area (Å²) in [7, 11) is 0. The van der Waals surface area contributed by atoms with Gasteiger partial charge in [-0.2, -0.15) is 0 Å². The summed E-state index contributed by atoms with van der Waals surface area (Å²) in [4.78, 5) is 23.0.